The van der Waals surface area contributed by atoms with Gasteiger partial charge in [-0.1, -0.05) is 12.8 Å². The van der Waals surface area contributed by atoms with Gasteiger partial charge in [0, 0.05) is 38.8 Å². The average molecular weight is 350 g/mol. The topological polar surface area (TPSA) is 64.7 Å². The number of hydrogen-bond donors (Lipinski definition) is 2. The molecule has 0 atom stereocenters. The van der Waals surface area contributed by atoms with Gasteiger partial charge in [-0.2, -0.15) is 11.3 Å². The van der Waals surface area contributed by atoms with E-state index in [9.17, 15) is 9.59 Å². The van der Waals surface area contributed by atoms with Crippen LogP contribution in [0.2, 0.25) is 0 Å². The molecule has 7 heteroatoms. The molecule has 24 heavy (non-hydrogen) atoms. The minimum atomic E-state index is -0.344. The molecular formula is C17H26N4O2S. The summed E-state index contributed by atoms with van der Waals surface area (Å²) in [6, 6.07) is 2.05. The Hall–Kier alpha value is -1.44. The van der Waals surface area contributed by atoms with Gasteiger partial charge in [0.25, 0.3) is 0 Å². The summed E-state index contributed by atoms with van der Waals surface area (Å²) in [5.74, 6) is -0.211. The van der Waals surface area contributed by atoms with E-state index in [4.69, 9.17) is 0 Å². The van der Waals surface area contributed by atoms with E-state index < -0.39 is 0 Å². The lowest BCUT2D eigenvalue weighted by Crippen LogP contribution is -2.51. The molecule has 132 valence electrons. The summed E-state index contributed by atoms with van der Waals surface area (Å²) in [5, 5.41) is 9.63. The standard InChI is InChI=1S/C17H26N4O2S/c22-16(19-17(23)18-15-3-1-2-4-15)12-21-8-6-20(7-9-21)11-14-5-10-24-13-14/h5,10,13,15H,1-4,6-9,11-12H2,(H2,18,19,22,23). The monoisotopic (exact) mass is 350 g/mol. The van der Waals surface area contributed by atoms with Crippen LogP contribution in [0.5, 0.6) is 0 Å². The molecule has 6 nitrogen and oxygen atoms in total. The summed E-state index contributed by atoms with van der Waals surface area (Å²) in [7, 11) is 0. The van der Waals surface area contributed by atoms with Crippen molar-refractivity contribution in [3.05, 3.63) is 22.4 Å². The van der Waals surface area contributed by atoms with Crippen molar-refractivity contribution in [2.24, 2.45) is 0 Å². The number of urea groups is 1. The summed E-state index contributed by atoms with van der Waals surface area (Å²) in [6.45, 7) is 4.91. The van der Waals surface area contributed by atoms with Crippen LogP contribution in [0, 0.1) is 0 Å². The number of rotatable bonds is 5. The number of nitrogens with zero attached hydrogens (tertiary/aromatic N) is 2. The van der Waals surface area contributed by atoms with Gasteiger partial charge in [0.2, 0.25) is 5.91 Å². The minimum absolute atomic E-state index is 0.211. The highest BCUT2D eigenvalue weighted by atomic mass is 32.1. The van der Waals surface area contributed by atoms with Gasteiger partial charge in [-0.05, 0) is 35.2 Å². The Kier molecular flexibility index (Phi) is 6.23. The molecule has 0 unspecified atom stereocenters. The summed E-state index contributed by atoms with van der Waals surface area (Å²) >= 11 is 1.73. The van der Waals surface area contributed by atoms with E-state index in [1.54, 1.807) is 11.3 Å². The predicted molar refractivity (Wildman–Crippen MR) is 95.0 cm³/mol. The van der Waals surface area contributed by atoms with E-state index in [-0.39, 0.29) is 18.0 Å². The zero-order valence-corrected chi connectivity index (χ0v) is 14.8. The zero-order valence-electron chi connectivity index (χ0n) is 14.0. The minimum Gasteiger partial charge on any atom is -0.335 e. The van der Waals surface area contributed by atoms with Gasteiger partial charge in [-0.3, -0.25) is 19.9 Å². The molecule has 2 aliphatic rings. The summed E-state index contributed by atoms with van der Waals surface area (Å²) in [6.07, 6.45) is 4.37. The number of imide groups is 1. The van der Waals surface area contributed by atoms with E-state index in [2.05, 4.69) is 37.3 Å². The van der Waals surface area contributed by atoms with Crippen LogP contribution in [0.3, 0.4) is 0 Å². The lowest BCUT2D eigenvalue weighted by Gasteiger charge is -2.34. The van der Waals surface area contributed by atoms with Crippen LogP contribution >= 0.6 is 11.3 Å². The van der Waals surface area contributed by atoms with Gasteiger partial charge < -0.3 is 5.32 Å². The van der Waals surface area contributed by atoms with Gasteiger partial charge in [0.1, 0.15) is 0 Å². The fourth-order valence-electron chi connectivity index (χ4n) is 3.41. The van der Waals surface area contributed by atoms with Gasteiger partial charge in [-0.15, -0.1) is 0 Å². The van der Waals surface area contributed by atoms with Crippen LogP contribution in [-0.2, 0) is 11.3 Å². The Morgan fingerprint density at radius 2 is 1.83 bits per heavy atom. The molecule has 1 saturated heterocycles. The first-order valence-electron chi connectivity index (χ1n) is 8.75. The van der Waals surface area contributed by atoms with Crippen LogP contribution < -0.4 is 10.6 Å². The Morgan fingerprint density at radius 3 is 2.50 bits per heavy atom. The van der Waals surface area contributed by atoms with Crippen molar-refractivity contribution in [1.82, 2.24) is 20.4 Å². The maximum Gasteiger partial charge on any atom is 0.321 e. The van der Waals surface area contributed by atoms with Crippen LogP contribution in [-0.4, -0.2) is 60.5 Å². The fraction of sp³-hybridized carbons (Fsp3) is 0.647. The molecule has 3 amide bonds. The smallest absolute Gasteiger partial charge is 0.321 e. The van der Waals surface area contributed by atoms with Crippen molar-refractivity contribution in [1.29, 1.82) is 0 Å². The molecule has 1 aliphatic heterocycles. The number of piperazine rings is 1. The third-order valence-electron chi connectivity index (χ3n) is 4.76. The van der Waals surface area contributed by atoms with E-state index >= 15 is 0 Å². The van der Waals surface area contributed by atoms with Crippen molar-refractivity contribution in [3.8, 4) is 0 Å². The van der Waals surface area contributed by atoms with Crippen molar-refractivity contribution < 1.29 is 9.59 Å². The molecule has 1 aromatic rings. The third kappa shape index (κ3) is 5.29. The lowest BCUT2D eigenvalue weighted by molar-refractivity contribution is -0.121. The zero-order chi connectivity index (χ0) is 16.8. The van der Waals surface area contributed by atoms with Crippen LogP contribution in [0.25, 0.3) is 0 Å². The van der Waals surface area contributed by atoms with Crippen LogP contribution in [0.15, 0.2) is 16.8 Å². The highest BCUT2D eigenvalue weighted by molar-refractivity contribution is 7.07. The third-order valence-corrected chi connectivity index (χ3v) is 5.49. The Morgan fingerprint density at radius 1 is 1.12 bits per heavy atom. The van der Waals surface area contributed by atoms with E-state index in [0.717, 1.165) is 58.4 Å². The quantitative estimate of drug-likeness (QED) is 0.847. The number of amides is 3. The number of thiophene rings is 1. The number of carbonyl (C=O) groups is 2. The molecule has 0 spiro atoms. The van der Waals surface area contributed by atoms with Crippen LogP contribution in [0.1, 0.15) is 31.2 Å². The second kappa shape index (κ2) is 8.60. The van der Waals surface area contributed by atoms with E-state index in [1.807, 2.05) is 0 Å². The molecule has 1 saturated carbocycles. The largest absolute Gasteiger partial charge is 0.335 e. The summed E-state index contributed by atoms with van der Waals surface area (Å²) in [4.78, 5) is 28.3. The molecule has 1 aliphatic carbocycles. The molecule has 0 bridgehead atoms. The Labute approximate surface area is 147 Å². The van der Waals surface area contributed by atoms with Gasteiger partial charge in [0.15, 0.2) is 0 Å². The van der Waals surface area contributed by atoms with E-state index in [0.29, 0.717) is 6.54 Å². The number of nitrogens with one attached hydrogen (secondary N) is 2. The van der Waals surface area contributed by atoms with Crippen molar-refractivity contribution in [2.45, 2.75) is 38.3 Å². The maximum atomic E-state index is 12.0. The lowest BCUT2D eigenvalue weighted by atomic mass is 10.2. The molecule has 2 fully saturated rings. The van der Waals surface area contributed by atoms with Gasteiger partial charge in [0.05, 0.1) is 6.54 Å². The highest BCUT2D eigenvalue weighted by Crippen LogP contribution is 2.17. The predicted octanol–water partition coefficient (Wildman–Crippen LogP) is 1.63. The summed E-state index contributed by atoms with van der Waals surface area (Å²) < 4.78 is 0. The molecular weight excluding hydrogens is 324 g/mol. The molecule has 0 radical (unpaired) electrons. The second-order valence-corrected chi connectivity index (χ2v) is 7.47. The number of hydrogen-bond acceptors (Lipinski definition) is 5. The molecule has 2 heterocycles. The van der Waals surface area contributed by atoms with Gasteiger partial charge >= 0.3 is 6.03 Å². The highest BCUT2D eigenvalue weighted by Gasteiger charge is 2.21. The summed E-state index contributed by atoms with van der Waals surface area (Å²) in [5.41, 5.74) is 1.36. The van der Waals surface area contributed by atoms with Crippen molar-refractivity contribution in [3.63, 3.8) is 0 Å². The van der Waals surface area contributed by atoms with Crippen LogP contribution in [0.4, 0.5) is 4.79 Å². The Balaban J connectivity index is 1.33. The molecule has 0 aromatic carbocycles. The first kappa shape index (κ1) is 17.4. The fourth-order valence-corrected chi connectivity index (χ4v) is 4.07. The van der Waals surface area contributed by atoms with Gasteiger partial charge in [-0.25, -0.2) is 4.79 Å². The van der Waals surface area contributed by atoms with E-state index in [1.165, 1.54) is 5.56 Å². The SMILES string of the molecule is O=C(CN1CCN(Cc2ccsc2)CC1)NC(=O)NC1CCCC1. The average Bonchev–Trinajstić information content (AvgIpc) is 3.23. The number of carbonyl (C=O) groups excluding carboxylic acids is 2. The maximum absolute atomic E-state index is 12.0. The first-order valence-corrected chi connectivity index (χ1v) is 9.69. The molecule has 2 N–H and O–H groups in total. The first-order chi connectivity index (χ1) is 11.7. The normalized spacial score (nSPS) is 20.2. The molecule has 3 rings (SSSR count). The second-order valence-electron chi connectivity index (χ2n) is 6.69. The molecule has 1 aromatic heterocycles. The van der Waals surface area contributed by atoms with Crippen molar-refractivity contribution in [2.75, 3.05) is 32.7 Å². The Bertz CT molecular complexity index is 535. The van der Waals surface area contributed by atoms with Crippen molar-refractivity contribution >= 4 is 23.3 Å².